The second-order valence-electron chi connectivity index (χ2n) is 7.19. The van der Waals surface area contributed by atoms with Gasteiger partial charge in [0.2, 0.25) is 11.8 Å². The predicted octanol–water partition coefficient (Wildman–Crippen LogP) is 1.43. The van der Waals surface area contributed by atoms with Gasteiger partial charge in [-0.25, -0.2) is 0 Å². The lowest BCUT2D eigenvalue weighted by atomic mass is 10.1. The monoisotopic (exact) mass is 339 g/mol. The Hall–Kier alpha value is -1.14. The Kier molecular flexibility index (Phi) is 7.99. The van der Waals surface area contributed by atoms with Crippen molar-refractivity contribution in [1.82, 2.24) is 10.2 Å². The van der Waals surface area contributed by atoms with E-state index in [0.717, 1.165) is 58.0 Å². The first-order valence-corrected chi connectivity index (χ1v) is 9.50. The molecule has 1 aliphatic carbocycles. The van der Waals surface area contributed by atoms with Crippen molar-refractivity contribution in [3.63, 3.8) is 0 Å². The van der Waals surface area contributed by atoms with Crippen LogP contribution in [-0.4, -0.2) is 55.1 Å². The Balaban J connectivity index is 1.64. The van der Waals surface area contributed by atoms with Crippen LogP contribution in [0, 0.1) is 5.92 Å². The van der Waals surface area contributed by atoms with Gasteiger partial charge in [-0.3, -0.25) is 9.59 Å². The fourth-order valence-corrected chi connectivity index (χ4v) is 3.60. The summed E-state index contributed by atoms with van der Waals surface area (Å²) >= 11 is 0. The molecule has 2 fully saturated rings. The number of likely N-dealkylation sites (tertiary alicyclic amines) is 1. The number of amides is 2. The number of nitrogens with zero attached hydrogens (tertiary/aromatic N) is 1. The molecule has 1 saturated carbocycles. The van der Waals surface area contributed by atoms with Crippen LogP contribution in [0.2, 0.25) is 0 Å². The van der Waals surface area contributed by atoms with Gasteiger partial charge in [0.15, 0.2) is 0 Å². The molecular formula is C18H33N3O3. The molecule has 3 N–H and O–H groups in total. The molecule has 2 aliphatic rings. The highest BCUT2D eigenvalue weighted by atomic mass is 16.5. The summed E-state index contributed by atoms with van der Waals surface area (Å²) in [6.45, 7) is 4.78. The van der Waals surface area contributed by atoms with Crippen LogP contribution in [0.15, 0.2) is 0 Å². The second kappa shape index (κ2) is 9.99. The maximum absolute atomic E-state index is 12.4. The SMILES string of the molecule is CC(CC(=O)N1CCC(OCCCN)CC1)NC(=O)C1CCCC1. The van der Waals surface area contributed by atoms with E-state index in [2.05, 4.69) is 5.32 Å². The van der Waals surface area contributed by atoms with Gasteiger partial charge in [-0.05, 0) is 45.6 Å². The van der Waals surface area contributed by atoms with Gasteiger partial charge in [0.25, 0.3) is 0 Å². The number of nitrogens with two attached hydrogens (primary N) is 1. The van der Waals surface area contributed by atoms with E-state index >= 15 is 0 Å². The number of piperidine rings is 1. The normalized spacial score (nSPS) is 21.0. The van der Waals surface area contributed by atoms with Crippen molar-refractivity contribution in [2.45, 2.75) is 70.4 Å². The first-order chi connectivity index (χ1) is 11.6. The average Bonchev–Trinajstić information content (AvgIpc) is 3.10. The Labute approximate surface area is 145 Å². The van der Waals surface area contributed by atoms with Crippen LogP contribution in [0.5, 0.6) is 0 Å². The molecule has 0 aromatic rings. The number of hydrogen-bond acceptors (Lipinski definition) is 4. The third-order valence-electron chi connectivity index (χ3n) is 5.09. The third kappa shape index (κ3) is 6.06. The van der Waals surface area contributed by atoms with E-state index in [4.69, 9.17) is 10.5 Å². The molecule has 2 amide bonds. The van der Waals surface area contributed by atoms with E-state index in [1.54, 1.807) is 0 Å². The summed E-state index contributed by atoms with van der Waals surface area (Å²) in [7, 11) is 0. The van der Waals surface area contributed by atoms with Crippen LogP contribution in [0.4, 0.5) is 0 Å². The molecule has 1 atom stereocenters. The Morgan fingerprint density at radius 3 is 2.50 bits per heavy atom. The quantitative estimate of drug-likeness (QED) is 0.655. The smallest absolute Gasteiger partial charge is 0.224 e. The number of carbonyl (C=O) groups is 2. The number of carbonyl (C=O) groups excluding carboxylic acids is 2. The summed E-state index contributed by atoms with van der Waals surface area (Å²) in [5.41, 5.74) is 5.46. The van der Waals surface area contributed by atoms with Crippen LogP contribution in [0.3, 0.4) is 0 Å². The van der Waals surface area contributed by atoms with Crippen LogP contribution in [-0.2, 0) is 14.3 Å². The Morgan fingerprint density at radius 1 is 1.21 bits per heavy atom. The molecule has 0 radical (unpaired) electrons. The fourth-order valence-electron chi connectivity index (χ4n) is 3.60. The van der Waals surface area contributed by atoms with Crippen molar-refractivity contribution < 1.29 is 14.3 Å². The summed E-state index contributed by atoms with van der Waals surface area (Å²) in [6.07, 6.45) is 7.57. The minimum absolute atomic E-state index is 0.0934. The van der Waals surface area contributed by atoms with Crippen molar-refractivity contribution in [3.8, 4) is 0 Å². The number of rotatable bonds is 8. The van der Waals surface area contributed by atoms with Gasteiger partial charge in [-0.15, -0.1) is 0 Å². The fraction of sp³-hybridized carbons (Fsp3) is 0.889. The van der Waals surface area contributed by atoms with Gasteiger partial charge < -0.3 is 20.7 Å². The lowest BCUT2D eigenvalue weighted by Gasteiger charge is -2.32. The van der Waals surface area contributed by atoms with Gasteiger partial charge in [0, 0.05) is 38.1 Å². The molecule has 138 valence electrons. The summed E-state index contributed by atoms with van der Waals surface area (Å²) in [5.74, 6) is 0.415. The van der Waals surface area contributed by atoms with Gasteiger partial charge in [0.05, 0.1) is 6.10 Å². The van der Waals surface area contributed by atoms with Gasteiger partial charge in [0.1, 0.15) is 0 Å². The largest absolute Gasteiger partial charge is 0.378 e. The van der Waals surface area contributed by atoms with Crippen LogP contribution >= 0.6 is 0 Å². The zero-order chi connectivity index (χ0) is 17.4. The highest BCUT2D eigenvalue weighted by molar-refractivity contribution is 5.81. The van der Waals surface area contributed by atoms with Crippen LogP contribution in [0.1, 0.15) is 58.3 Å². The number of hydrogen-bond donors (Lipinski definition) is 2. The predicted molar refractivity (Wildman–Crippen MR) is 93.4 cm³/mol. The minimum atomic E-state index is -0.0934. The van der Waals surface area contributed by atoms with Crippen molar-refractivity contribution in [2.75, 3.05) is 26.2 Å². The van der Waals surface area contributed by atoms with Gasteiger partial charge in [-0.2, -0.15) is 0 Å². The number of ether oxygens (including phenoxy) is 1. The van der Waals surface area contributed by atoms with Gasteiger partial charge >= 0.3 is 0 Å². The highest BCUT2D eigenvalue weighted by Crippen LogP contribution is 2.25. The average molecular weight is 339 g/mol. The molecule has 0 aromatic carbocycles. The molecule has 1 saturated heterocycles. The first kappa shape index (κ1) is 19.2. The number of nitrogens with one attached hydrogen (secondary N) is 1. The lowest BCUT2D eigenvalue weighted by Crippen LogP contribution is -2.44. The van der Waals surface area contributed by atoms with Crippen molar-refractivity contribution in [1.29, 1.82) is 0 Å². The Morgan fingerprint density at radius 2 is 1.88 bits per heavy atom. The molecular weight excluding hydrogens is 306 g/mol. The van der Waals surface area contributed by atoms with E-state index in [1.165, 1.54) is 0 Å². The maximum Gasteiger partial charge on any atom is 0.224 e. The second-order valence-corrected chi connectivity index (χ2v) is 7.19. The molecule has 1 heterocycles. The highest BCUT2D eigenvalue weighted by Gasteiger charge is 2.27. The standard InChI is InChI=1S/C18H33N3O3/c1-14(20-18(23)15-5-2-3-6-15)13-17(22)21-10-7-16(8-11-21)24-12-4-9-19/h14-16H,2-13,19H2,1H3,(H,20,23). The lowest BCUT2D eigenvalue weighted by molar-refractivity contribution is -0.134. The van der Waals surface area contributed by atoms with E-state index < -0.39 is 0 Å². The van der Waals surface area contributed by atoms with E-state index in [0.29, 0.717) is 19.6 Å². The van der Waals surface area contributed by atoms with E-state index in [-0.39, 0.29) is 29.9 Å². The van der Waals surface area contributed by atoms with Gasteiger partial charge in [-0.1, -0.05) is 12.8 Å². The van der Waals surface area contributed by atoms with Crippen molar-refractivity contribution in [3.05, 3.63) is 0 Å². The Bertz CT molecular complexity index is 402. The van der Waals surface area contributed by atoms with E-state index in [1.807, 2.05) is 11.8 Å². The summed E-state index contributed by atoms with van der Waals surface area (Å²) in [6, 6.07) is -0.0934. The zero-order valence-electron chi connectivity index (χ0n) is 15.0. The molecule has 1 unspecified atom stereocenters. The third-order valence-corrected chi connectivity index (χ3v) is 5.09. The van der Waals surface area contributed by atoms with Crippen molar-refractivity contribution >= 4 is 11.8 Å². The summed E-state index contributed by atoms with van der Waals surface area (Å²) in [5, 5.41) is 3.01. The van der Waals surface area contributed by atoms with Crippen molar-refractivity contribution in [2.24, 2.45) is 11.7 Å². The molecule has 2 rings (SSSR count). The minimum Gasteiger partial charge on any atom is -0.378 e. The van der Waals surface area contributed by atoms with Crippen LogP contribution in [0.25, 0.3) is 0 Å². The molecule has 0 bridgehead atoms. The molecule has 0 aromatic heterocycles. The molecule has 24 heavy (non-hydrogen) atoms. The maximum atomic E-state index is 12.4. The topological polar surface area (TPSA) is 84.7 Å². The molecule has 1 aliphatic heterocycles. The van der Waals surface area contributed by atoms with Crippen LogP contribution < -0.4 is 11.1 Å². The first-order valence-electron chi connectivity index (χ1n) is 9.50. The molecule has 0 spiro atoms. The zero-order valence-corrected chi connectivity index (χ0v) is 15.0. The summed E-state index contributed by atoms with van der Waals surface area (Å²) < 4.78 is 5.77. The summed E-state index contributed by atoms with van der Waals surface area (Å²) in [4.78, 5) is 26.4. The molecule has 6 heteroatoms. The van der Waals surface area contributed by atoms with E-state index in [9.17, 15) is 9.59 Å². The molecule has 6 nitrogen and oxygen atoms in total.